The molecule has 2 N–H and O–H groups in total. The molecule has 4 rings (SSSR count). The number of nitrogens with zero attached hydrogens (tertiary/aromatic N) is 1. The third-order valence-corrected chi connectivity index (χ3v) is 4.50. The molecule has 0 saturated carbocycles. The van der Waals surface area contributed by atoms with Crippen molar-refractivity contribution in [2.45, 2.75) is 12.8 Å². The van der Waals surface area contributed by atoms with Gasteiger partial charge in [0.25, 0.3) is 0 Å². The average Bonchev–Trinajstić information content (AvgIpc) is 2.60. The lowest BCUT2D eigenvalue weighted by Gasteiger charge is -2.23. The van der Waals surface area contributed by atoms with Crippen molar-refractivity contribution in [3.63, 3.8) is 0 Å². The van der Waals surface area contributed by atoms with Crippen LogP contribution in [0.25, 0.3) is 22.4 Å². The van der Waals surface area contributed by atoms with E-state index in [1.165, 1.54) is 17.7 Å². The molecule has 0 aliphatic heterocycles. The van der Waals surface area contributed by atoms with Crippen LogP contribution >= 0.6 is 0 Å². The predicted octanol–water partition coefficient (Wildman–Crippen LogP) is 4.22. The molecule has 0 amide bonds. The second kappa shape index (κ2) is 5.50. The molecule has 24 heavy (non-hydrogen) atoms. The summed E-state index contributed by atoms with van der Waals surface area (Å²) < 4.78 is 13.8. The summed E-state index contributed by atoms with van der Waals surface area (Å²) in [5.74, 6) is 2.66. The summed E-state index contributed by atoms with van der Waals surface area (Å²) in [4.78, 5) is 4.58. The van der Waals surface area contributed by atoms with Crippen LogP contribution in [0.1, 0.15) is 16.7 Å². The van der Waals surface area contributed by atoms with Crippen LogP contribution in [-0.2, 0) is 12.8 Å². The zero-order valence-corrected chi connectivity index (χ0v) is 13.0. The van der Waals surface area contributed by atoms with E-state index in [2.05, 4.69) is 17.0 Å². The van der Waals surface area contributed by atoms with Crippen molar-refractivity contribution in [2.75, 3.05) is 5.73 Å². The van der Waals surface area contributed by atoms with Gasteiger partial charge in [-0.1, -0.05) is 42.3 Å². The number of benzene rings is 2. The predicted molar refractivity (Wildman–Crippen MR) is 94.8 cm³/mol. The summed E-state index contributed by atoms with van der Waals surface area (Å²) in [5, 5.41) is 0. The van der Waals surface area contributed by atoms with E-state index < -0.39 is 0 Å². The Balaban J connectivity index is 2.08. The number of fused-ring (bicyclic) bond motifs is 3. The second-order valence-corrected chi connectivity index (χ2v) is 5.89. The number of pyridine rings is 1. The first-order chi connectivity index (χ1) is 11.7. The molecule has 2 nitrogen and oxygen atoms in total. The van der Waals surface area contributed by atoms with E-state index in [1.807, 2.05) is 24.3 Å². The molecule has 0 radical (unpaired) electrons. The maximum atomic E-state index is 13.8. The Kier molecular flexibility index (Phi) is 3.32. The highest BCUT2D eigenvalue weighted by Gasteiger charge is 2.24. The van der Waals surface area contributed by atoms with Gasteiger partial charge in [-0.25, -0.2) is 9.37 Å². The monoisotopic (exact) mass is 314 g/mol. The van der Waals surface area contributed by atoms with Crippen molar-refractivity contribution in [2.24, 2.45) is 0 Å². The van der Waals surface area contributed by atoms with E-state index in [0.717, 1.165) is 40.8 Å². The number of rotatable bonds is 1. The van der Waals surface area contributed by atoms with Gasteiger partial charge >= 0.3 is 0 Å². The fourth-order valence-corrected chi connectivity index (χ4v) is 3.45. The molecule has 2 aromatic carbocycles. The normalized spacial score (nSPS) is 12.2. The minimum atomic E-state index is -0.296. The van der Waals surface area contributed by atoms with Crippen LogP contribution in [0.15, 0.2) is 48.5 Å². The van der Waals surface area contributed by atoms with E-state index in [1.54, 1.807) is 6.07 Å². The third kappa shape index (κ3) is 2.16. The summed E-state index contributed by atoms with van der Waals surface area (Å²) in [7, 11) is 0. The first-order valence-corrected chi connectivity index (χ1v) is 7.82. The molecule has 0 fully saturated rings. The van der Waals surface area contributed by atoms with Gasteiger partial charge in [0.15, 0.2) is 0 Å². The number of anilines is 1. The van der Waals surface area contributed by atoms with E-state index in [0.29, 0.717) is 11.4 Å². The Morgan fingerprint density at radius 1 is 1.08 bits per heavy atom. The van der Waals surface area contributed by atoms with E-state index >= 15 is 0 Å². The van der Waals surface area contributed by atoms with Gasteiger partial charge in [0.2, 0.25) is 0 Å². The molecular weight excluding hydrogens is 299 g/mol. The van der Waals surface area contributed by atoms with Crippen LogP contribution in [0, 0.1) is 18.2 Å². The summed E-state index contributed by atoms with van der Waals surface area (Å²) >= 11 is 0. The first-order valence-electron chi connectivity index (χ1n) is 7.82. The highest BCUT2D eigenvalue weighted by Crippen LogP contribution is 2.40. The van der Waals surface area contributed by atoms with Crippen molar-refractivity contribution < 1.29 is 4.39 Å². The minimum absolute atomic E-state index is 0.296. The molecule has 3 heteroatoms. The van der Waals surface area contributed by atoms with Crippen LogP contribution in [0.5, 0.6) is 0 Å². The van der Waals surface area contributed by atoms with E-state index in [-0.39, 0.29) is 5.82 Å². The van der Waals surface area contributed by atoms with E-state index in [9.17, 15) is 4.39 Å². The largest absolute Gasteiger partial charge is 0.383 e. The summed E-state index contributed by atoms with van der Waals surface area (Å²) in [6.07, 6.45) is 7.40. The van der Waals surface area contributed by atoms with Gasteiger partial charge in [0.1, 0.15) is 11.6 Å². The Labute approximate surface area is 140 Å². The van der Waals surface area contributed by atoms with Crippen LogP contribution in [-0.4, -0.2) is 4.98 Å². The SMILES string of the molecule is C#Cc1c(N)nc2c(c1-c1cccc(F)c1)CCc1ccccc1-2. The number of terminal acetylenes is 1. The van der Waals surface area contributed by atoms with Crippen LogP contribution in [0.3, 0.4) is 0 Å². The molecule has 1 aliphatic rings. The van der Waals surface area contributed by atoms with Gasteiger partial charge < -0.3 is 5.73 Å². The zero-order valence-electron chi connectivity index (χ0n) is 13.0. The smallest absolute Gasteiger partial charge is 0.140 e. The highest BCUT2D eigenvalue weighted by molar-refractivity contribution is 5.86. The summed E-state index contributed by atoms with van der Waals surface area (Å²) in [6, 6.07) is 14.6. The number of nitrogen functional groups attached to an aromatic ring is 1. The van der Waals surface area contributed by atoms with Gasteiger partial charge in [-0.2, -0.15) is 0 Å². The standard InChI is InChI=1S/C21H15FN2/c1-2-16-19(14-7-5-8-15(22)12-14)18-11-10-13-6-3-4-9-17(13)20(18)24-21(16)23/h1,3-9,12H,10-11H2,(H2,23,24). The molecule has 116 valence electrons. The van der Waals surface area contributed by atoms with Gasteiger partial charge in [0.05, 0.1) is 11.3 Å². The lowest BCUT2D eigenvalue weighted by Crippen LogP contribution is -2.11. The fraction of sp³-hybridized carbons (Fsp3) is 0.0952. The molecular formula is C21H15FN2. The highest BCUT2D eigenvalue weighted by atomic mass is 19.1. The molecule has 1 aliphatic carbocycles. The number of nitrogens with two attached hydrogens (primary N) is 1. The number of halogens is 1. The number of hydrogen-bond acceptors (Lipinski definition) is 2. The topological polar surface area (TPSA) is 38.9 Å². The minimum Gasteiger partial charge on any atom is -0.383 e. The Morgan fingerprint density at radius 2 is 1.92 bits per heavy atom. The molecule has 0 spiro atoms. The molecule has 0 unspecified atom stereocenters. The molecule has 0 saturated heterocycles. The van der Waals surface area contributed by atoms with Gasteiger partial charge in [-0.15, -0.1) is 6.42 Å². The lowest BCUT2D eigenvalue weighted by molar-refractivity contribution is 0.628. The van der Waals surface area contributed by atoms with Crippen molar-refractivity contribution in [1.82, 2.24) is 4.98 Å². The maximum absolute atomic E-state index is 13.8. The van der Waals surface area contributed by atoms with Crippen molar-refractivity contribution in [1.29, 1.82) is 0 Å². The van der Waals surface area contributed by atoms with Crippen molar-refractivity contribution in [3.8, 4) is 34.7 Å². The lowest BCUT2D eigenvalue weighted by atomic mass is 9.83. The molecule has 1 heterocycles. The first kappa shape index (κ1) is 14.5. The van der Waals surface area contributed by atoms with Crippen LogP contribution in [0.2, 0.25) is 0 Å². The summed E-state index contributed by atoms with van der Waals surface area (Å²) in [5.41, 5.74) is 12.5. The second-order valence-electron chi connectivity index (χ2n) is 5.89. The molecule has 3 aromatic rings. The molecule has 1 aromatic heterocycles. The Morgan fingerprint density at radius 3 is 2.71 bits per heavy atom. The van der Waals surface area contributed by atoms with Gasteiger partial charge in [-0.3, -0.25) is 0 Å². The Hall–Kier alpha value is -3.12. The van der Waals surface area contributed by atoms with Crippen LogP contribution < -0.4 is 5.73 Å². The van der Waals surface area contributed by atoms with Gasteiger partial charge in [-0.05, 0) is 41.7 Å². The third-order valence-electron chi connectivity index (χ3n) is 4.50. The van der Waals surface area contributed by atoms with Crippen LogP contribution in [0.4, 0.5) is 10.2 Å². The van der Waals surface area contributed by atoms with Crippen molar-refractivity contribution in [3.05, 3.63) is 71.0 Å². The number of hydrogen-bond donors (Lipinski definition) is 1. The number of aromatic nitrogens is 1. The molecule has 0 bridgehead atoms. The maximum Gasteiger partial charge on any atom is 0.140 e. The van der Waals surface area contributed by atoms with Gasteiger partial charge in [0, 0.05) is 11.1 Å². The number of aryl methyl sites for hydroxylation is 1. The zero-order chi connectivity index (χ0) is 16.7. The average molecular weight is 314 g/mol. The fourth-order valence-electron chi connectivity index (χ4n) is 3.45. The summed E-state index contributed by atoms with van der Waals surface area (Å²) in [6.45, 7) is 0. The quantitative estimate of drug-likeness (QED) is 0.683. The molecule has 0 atom stereocenters. The van der Waals surface area contributed by atoms with E-state index in [4.69, 9.17) is 12.2 Å². The Bertz CT molecular complexity index is 999. The van der Waals surface area contributed by atoms with Crippen molar-refractivity contribution >= 4 is 5.82 Å².